The van der Waals surface area contributed by atoms with Gasteiger partial charge in [0.05, 0.1) is 6.54 Å². The number of amides is 1. The van der Waals surface area contributed by atoms with Gasteiger partial charge in [0.25, 0.3) is 0 Å². The number of carbonyl (C=O) groups excluding carboxylic acids is 1. The maximum atomic E-state index is 12.1. The molecular formula is C24H40N6O. The number of aliphatic imine (C=N–C) groups is 1. The van der Waals surface area contributed by atoms with Gasteiger partial charge in [-0.1, -0.05) is 19.4 Å². The van der Waals surface area contributed by atoms with Gasteiger partial charge < -0.3 is 20.4 Å². The van der Waals surface area contributed by atoms with Crippen molar-refractivity contribution in [3.05, 3.63) is 23.9 Å². The van der Waals surface area contributed by atoms with Crippen LogP contribution in [0.3, 0.4) is 0 Å². The van der Waals surface area contributed by atoms with Gasteiger partial charge in [0.2, 0.25) is 5.91 Å². The Labute approximate surface area is 187 Å². The average molecular weight is 429 g/mol. The smallest absolute Gasteiger partial charge is 0.222 e. The molecule has 3 heterocycles. The lowest BCUT2D eigenvalue weighted by Gasteiger charge is -2.31. The molecule has 0 spiro atoms. The molecule has 7 heteroatoms. The first-order valence-corrected chi connectivity index (χ1v) is 12.2. The number of anilines is 1. The van der Waals surface area contributed by atoms with Gasteiger partial charge in [-0.25, -0.2) is 9.98 Å². The molecule has 172 valence electrons. The number of nitrogens with one attached hydrogen (secondary N) is 2. The summed E-state index contributed by atoms with van der Waals surface area (Å²) in [5.74, 6) is 3.03. The molecule has 2 fully saturated rings. The largest absolute Gasteiger partial charge is 0.357 e. The van der Waals surface area contributed by atoms with E-state index in [2.05, 4.69) is 46.5 Å². The van der Waals surface area contributed by atoms with Crippen LogP contribution >= 0.6 is 0 Å². The summed E-state index contributed by atoms with van der Waals surface area (Å²) in [6.07, 6.45) is 9.43. The standard InChI is InChI=1S/C24H40N6O/c1-3-25-24(26-13-7-15-30-14-6-4-5-8-23(30)31)28-19-21-9-10-22(27-18-21)29-16-11-20(2)12-17-29/h9-10,18,20H,3-8,11-17,19H2,1-2H3,(H2,25,26,28). The van der Waals surface area contributed by atoms with Crippen LogP contribution in [-0.4, -0.2) is 61.0 Å². The van der Waals surface area contributed by atoms with Gasteiger partial charge in [0.15, 0.2) is 5.96 Å². The molecule has 1 amide bonds. The Bertz CT molecular complexity index is 697. The first kappa shape index (κ1) is 23.4. The van der Waals surface area contributed by atoms with E-state index < -0.39 is 0 Å². The third kappa shape index (κ3) is 7.71. The van der Waals surface area contributed by atoms with E-state index in [9.17, 15) is 4.79 Å². The lowest BCUT2D eigenvalue weighted by molar-refractivity contribution is -0.130. The number of aromatic nitrogens is 1. The lowest BCUT2D eigenvalue weighted by Crippen LogP contribution is -2.39. The Morgan fingerprint density at radius 1 is 1.16 bits per heavy atom. The van der Waals surface area contributed by atoms with E-state index in [1.807, 2.05) is 11.1 Å². The molecule has 0 aromatic carbocycles. The first-order chi connectivity index (χ1) is 15.2. The molecule has 0 atom stereocenters. The zero-order valence-electron chi connectivity index (χ0n) is 19.4. The second-order valence-electron chi connectivity index (χ2n) is 8.86. The summed E-state index contributed by atoms with van der Waals surface area (Å²) in [6.45, 7) is 10.6. The van der Waals surface area contributed by atoms with Crippen LogP contribution in [0.4, 0.5) is 5.82 Å². The molecule has 0 aliphatic carbocycles. The molecule has 0 radical (unpaired) electrons. The van der Waals surface area contributed by atoms with E-state index in [1.165, 1.54) is 19.3 Å². The maximum absolute atomic E-state index is 12.1. The summed E-state index contributed by atoms with van der Waals surface area (Å²) >= 11 is 0. The Kier molecular flexibility index (Phi) is 9.43. The molecule has 1 aromatic rings. The molecule has 1 aromatic heterocycles. The van der Waals surface area contributed by atoms with Crippen molar-refractivity contribution in [3.63, 3.8) is 0 Å². The number of nitrogens with zero attached hydrogens (tertiary/aromatic N) is 4. The van der Waals surface area contributed by atoms with E-state index in [4.69, 9.17) is 4.99 Å². The predicted octanol–water partition coefficient (Wildman–Crippen LogP) is 3.17. The van der Waals surface area contributed by atoms with E-state index in [1.54, 1.807) is 0 Å². The minimum absolute atomic E-state index is 0.313. The fourth-order valence-electron chi connectivity index (χ4n) is 4.20. The molecule has 7 nitrogen and oxygen atoms in total. The van der Waals surface area contributed by atoms with Gasteiger partial charge in [-0.05, 0) is 56.6 Å². The summed E-state index contributed by atoms with van der Waals surface area (Å²) < 4.78 is 0. The van der Waals surface area contributed by atoms with Crippen LogP contribution in [0.1, 0.15) is 64.4 Å². The van der Waals surface area contributed by atoms with Gasteiger partial charge >= 0.3 is 0 Å². The van der Waals surface area contributed by atoms with Crippen molar-refractivity contribution in [1.29, 1.82) is 0 Å². The Morgan fingerprint density at radius 3 is 2.74 bits per heavy atom. The highest BCUT2D eigenvalue weighted by molar-refractivity contribution is 5.79. The van der Waals surface area contributed by atoms with Crippen LogP contribution in [0, 0.1) is 5.92 Å². The molecular weight excluding hydrogens is 388 g/mol. The van der Waals surface area contributed by atoms with Crippen molar-refractivity contribution >= 4 is 17.7 Å². The molecule has 3 rings (SSSR count). The average Bonchev–Trinajstić information content (AvgIpc) is 3.00. The number of guanidine groups is 1. The molecule has 0 saturated carbocycles. The SMILES string of the molecule is CCNC(=NCc1ccc(N2CCC(C)CC2)nc1)NCCCN1CCCCCC1=O. The Balaban J connectivity index is 1.43. The van der Waals surface area contributed by atoms with Gasteiger partial charge in [-0.15, -0.1) is 0 Å². The minimum atomic E-state index is 0.313. The number of hydrogen-bond donors (Lipinski definition) is 2. The number of carbonyl (C=O) groups is 1. The quantitative estimate of drug-likeness (QED) is 0.378. The zero-order chi connectivity index (χ0) is 21.9. The summed E-state index contributed by atoms with van der Waals surface area (Å²) in [6, 6.07) is 4.26. The van der Waals surface area contributed by atoms with Gasteiger partial charge in [-0.3, -0.25) is 4.79 Å². The lowest BCUT2D eigenvalue weighted by atomic mass is 9.99. The van der Waals surface area contributed by atoms with Gasteiger partial charge in [0, 0.05) is 51.9 Å². The van der Waals surface area contributed by atoms with Crippen LogP contribution in [0.2, 0.25) is 0 Å². The molecule has 0 unspecified atom stereocenters. The Morgan fingerprint density at radius 2 is 2.00 bits per heavy atom. The molecule has 2 aliphatic heterocycles. The number of rotatable bonds is 8. The van der Waals surface area contributed by atoms with E-state index in [0.717, 1.165) is 81.8 Å². The van der Waals surface area contributed by atoms with Crippen molar-refractivity contribution < 1.29 is 4.79 Å². The number of hydrogen-bond acceptors (Lipinski definition) is 4. The van der Waals surface area contributed by atoms with Gasteiger partial charge in [-0.2, -0.15) is 0 Å². The number of pyridine rings is 1. The summed E-state index contributed by atoms with van der Waals surface area (Å²) in [5.41, 5.74) is 1.11. The molecule has 0 bridgehead atoms. The van der Waals surface area contributed by atoms with E-state index in [-0.39, 0.29) is 0 Å². The van der Waals surface area contributed by atoms with Crippen molar-refractivity contribution in [1.82, 2.24) is 20.5 Å². The normalized spacial score (nSPS) is 18.8. The van der Waals surface area contributed by atoms with Crippen LogP contribution in [-0.2, 0) is 11.3 Å². The highest BCUT2D eigenvalue weighted by atomic mass is 16.2. The molecule has 2 aliphatic rings. The monoisotopic (exact) mass is 428 g/mol. The fraction of sp³-hybridized carbons (Fsp3) is 0.708. The number of likely N-dealkylation sites (tertiary alicyclic amines) is 1. The van der Waals surface area contributed by atoms with Crippen LogP contribution in [0.15, 0.2) is 23.3 Å². The van der Waals surface area contributed by atoms with Crippen molar-refractivity contribution in [2.75, 3.05) is 44.2 Å². The summed E-state index contributed by atoms with van der Waals surface area (Å²) in [7, 11) is 0. The van der Waals surface area contributed by atoms with E-state index in [0.29, 0.717) is 18.9 Å². The second kappa shape index (κ2) is 12.5. The fourth-order valence-corrected chi connectivity index (χ4v) is 4.20. The van der Waals surface area contributed by atoms with E-state index >= 15 is 0 Å². The minimum Gasteiger partial charge on any atom is -0.357 e. The predicted molar refractivity (Wildman–Crippen MR) is 127 cm³/mol. The Hall–Kier alpha value is -2.31. The molecule has 2 N–H and O–H groups in total. The first-order valence-electron chi connectivity index (χ1n) is 12.2. The van der Waals surface area contributed by atoms with Crippen molar-refractivity contribution in [3.8, 4) is 0 Å². The van der Waals surface area contributed by atoms with Crippen molar-refractivity contribution in [2.24, 2.45) is 10.9 Å². The summed E-state index contributed by atoms with van der Waals surface area (Å²) in [4.78, 5) is 25.9. The maximum Gasteiger partial charge on any atom is 0.222 e. The highest BCUT2D eigenvalue weighted by Gasteiger charge is 2.17. The zero-order valence-corrected chi connectivity index (χ0v) is 19.4. The number of piperidine rings is 1. The second-order valence-corrected chi connectivity index (χ2v) is 8.86. The van der Waals surface area contributed by atoms with Crippen LogP contribution in [0.5, 0.6) is 0 Å². The topological polar surface area (TPSA) is 72.9 Å². The third-order valence-corrected chi connectivity index (χ3v) is 6.25. The van der Waals surface area contributed by atoms with Crippen LogP contribution in [0.25, 0.3) is 0 Å². The highest BCUT2D eigenvalue weighted by Crippen LogP contribution is 2.21. The molecule has 31 heavy (non-hydrogen) atoms. The van der Waals surface area contributed by atoms with Crippen molar-refractivity contribution in [2.45, 2.75) is 65.3 Å². The van der Waals surface area contributed by atoms with Crippen LogP contribution < -0.4 is 15.5 Å². The molecule has 2 saturated heterocycles. The third-order valence-electron chi connectivity index (χ3n) is 6.25. The summed E-state index contributed by atoms with van der Waals surface area (Å²) in [5, 5.41) is 6.71. The van der Waals surface area contributed by atoms with Gasteiger partial charge in [0.1, 0.15) is 5.82 Å².